The Morgan fingerprint density at radius 3 is 2.69 bits per heavy atom. The van der Waals surface area contributed by atoms with Crippen LogP contribution in [0.2, 0.25) is 5.02 Å². The van der Waals surface area contributed by atoms with Crippen molar-refractivity contribution in [3.63, 3.8) is 0 Å². The minimum atomic E-state index is -2.98. The second-order valence-corrected chi connectivity index (χ2v) is 3.61. The molecule has 1 rings (SSSR count). The van der Waals surface area contributed by atoms with E-state index in [2.05, 4.69) is 4.74 Å². The maximum atomic E-state index is 12.0. The molecule has 0 heterocycles. The predicted octanol–water partition coefficient (Wildman–Crippen LogP) is 3.75. The molecule has 16 heavy (non-hydrogen) atoms. The minimum absolute atomic E-state index is 0.0966. The fourth-order valence-electron chi connectivity index (χ4n) is 1.13. The monoisotopic (exact) mass is 268 g/mol. The van der Waals surface area contributed by atoms with Gasteiger partial charge in [0.15, 0.2) is 5.78 Å². The SMILES string of the molecule is O=C(CCCl)c1cccc(OC(F)F)c1Cl. The lowest BCUT2D eigenvalue weighted by molar-refractivity contribution is -0.0498. The first-order valence-electron chi connectivity index (χ1n) is 4.38. The Balaban J connectivity index is 2.99. The van der Waals surface area contributed by atoms with Crippen molar-refractivity contribution in [1.82, 2.24) is 0 Å². The van der Waals surface area contributed by atoms with Crippen LogP contribution in [0.4, 0.5) is 8.78 Å². The van der Waals surface area contributed by atoms with Crippen LogP contribution >= 0.6 is 23.2 Å². The van der Waals surface area contributed by atoms with Crippen LogP contribution in [0, 0.1) is 0 Å². The van der Waals surface area contributed by atoms with Crippen molar-refractivity contribution < 1.29 is 18.3 Å². The zero-order valence-electron chi connectivity index (χ0n) is 8.05. The Morgan fingerprint density at radius 1 is 1.44 bits per heavy atom. The van der Waals surface area contributed by atoms with Crippen molar-refractivity contribution in [3.05, 3.63) is 28.8 Å². The lowest BCUT2D eigenvalue weighted by atomic mass is 10.1. The third-order valence-electron chi connectivity index (χ3n) is 1.80. The molecule has 0 N–H and O–H groups in total. The van der Waals surface area contributed by atoms with Crippen LogP contribution in [0.1, 0.15) is 16.8 Å². The summed E-state index contributed by atoms with van der Waals surface area (Å²) in [6.45, 7) is -2.98. The van der Waals surface area contributed by atoms with Gasteiger partial charge < -0.3 is 4.74 Å². The molecule has 0 amide bonds. The summed E-state index contributed by atoms with van der Waals surface area (Å²) in [7, 11) is 0. The van der Waals surface area contributed by atoms with Gasteiger partial charge in [-0.25, -0.2) is 0 Å². The molecule has 0 saturated heterocycles. The summed E-state index contributed by atoms with van der Waals surface area (Å²) < 4.78 is 28.2. The molecule has 0 atom stereocenters. The molecular weight excluding hydrogens is 261 g/mol. The van der Waals surface area contributed by atoms with Gasteiger partial charge in [-0.05, 0) is 12.1 Å². The number of carbonyl (C=O) groups excluding carboxylic acids is 1. The maximum Gasteiger partial charge on any atom is 0.387 e. The van der Waals surface area contributed by atoms with E-state index in [1.165, 1.54) is 18.2 Å². The summed E-state index contributed by atoms with van der Waals surface area (Å²) in [5.41, 5.74) is 0.139. The summed E-state index contributed by atoms with van der Waals surface area (Å²) in [5, 5.41) is -0.113. The van der Waals surface area contributed by atoms with Crippen LogP contribution in [0.3, 0.4) is 0 Å². The summed E-state index contributed by atoms with van der Waals surface area (Å²) >= 11 is 11.2. The van der Waals surface area contributed by atoms with Crippen molar-refractivity contribution in [2.24, 2.45) is 0 Å². The fourth-order valence-corrected chi connectivity index (χ4v) is 1.58. The highest BCUT2D eigenvalue weighted by Gasteiger charge is 2.15. The molecule has 0 aliphatic heterocycles. The number of ether oxygens (including phenoxy) is 1. The van der Waals surface area contributed by atoms with Gasteiger partial charge in [-0.2, -0.15) is 8.78 Å². The summed E-state index contributed by atoms with van der Waals surface area (Å²) in [6.07, 6.45) is 0.0966. The van der Waals surface area contributed by atoms with E-state index in [9.17, 15) is 13.6 Å². The predicted molar refractivity (Wildman–Crippen MR) is 57.8 cm³/mol. The van der Waals surface area contributed by atoms with E-state index in [-0.39, 0.29) is 34.4 Å². The van der Waals surface area contributed by atoms with Crippen molar-refractivity contribution in [3.8, 4) is 5.75 Å². The van der Waals surface area contributed by atoms with Gasteiger partial charge in [-0.15, -0.1) is 11.6 Å². The summed E-state index contributed by atoms with van der Waals surface area (Å²) in [6, 6.07) is 4.13. The smallest absolute Gasteiger partial charge is 0.387 e. The van der Waals surface area contributed by atoms with Crippen LogP contribution in [-0.2, 0) is 0 Å². The van der Waals surface area contributed by atoms with Crippen molar-refractivity contribution in [2.75, 3.05) is 5.88 Å². The first kappa shape index (κ1) is 13.2. The van der Waals surface area contributed by atoms with Crippen molar-refractivity contribution >= 4 is 29.0 Å². The van der Waals surface area contributed by atoms with E-state index in [1.54, 1.807) is 0 Å². The third-order valence-corrected chi connectivity index (χ3v) is 2.38. The van der Waals surface area contributed by atoms with Gasteiger partial charge in [0.05, 0.1) is 5.02 Å². The molecule has 1 aromatic carbocycles. The molecule has 2 nitrogen and oxygen atoms in total. The van der Waals surface area contributed by atoms with Crippen molar-refractivity contribution in [2.45, 2.75) is 13.0 Å². The average Bonchev–Trinajstić information content (AvgIpc) is 2.21. The number of alkyl halides is 3. The summed E-state index contributed by atoms with van der Waals surface area (Å²) in [5.74, 6) is -0.369. The van der Waals surface area contributed by atoms with Gasteiger partial charge in [0.1, 0.15) is 5.75 Å². The van der Waals surface area contributed by atoms with Gasteiger partial charge in [0.2, 0.25) is 0 Å². The van der Waals surface area contributed by atoms with Gasteiger partial charge >= 0.3 is 6.61 Å². The normalized spacial score (nSPS) is 10.6. The first-order valence-corrected chi connectivity index (χ1v) is 5.30. The maximum absolute atomic E-state index is 12.0. The Morgan fingerprint density at radius 2 is 2.12 bits per heavy atom. The number of hydrogen-bond donors (Lipinski definition) is 0. The average molecular weight is 269 g/mol. The number of hydrogen-bond acceptors (Lipinski definition) is 2. The van der Waals surface area contributed by atoms with E-state index in [0.717, 1.165) is 0 Å². The van der Waals surface area contributed by atoms with Gasteiger partial charge in [0, 0.05) is 17.9 Å². The number of ketones is 1. The molecule has 0 saturated carbocycles. The molecule has 0 unspecified atom stereocenters. The first-order chi connectivity index (χ1) is 7.56. The number of Topliss-reactive ketones (excluding diaryl/α,β-unsaturated/α-hetero) is 1. The zero-order chi connectivity index (χ0) is 12.1. The van der Waals surface area contributed by atoms with Crippen LogP contribution < -0.4 is 4.74 Å². The number of rotatable bonds is 5. The molecule has 0 radical (unpaired) electrons. The lowest BCUT2D eigenvalue weighted by Gasteiger charge is -2.09. The Hall–Kier alpha value is -0.870. The molecule has 0 aromatic heterocycles. The second-order valence-electron chi connectivity index (χ2n) is 2.86. The molecule has 6 heteroatoms. The van der Waals surface area contributed by atoms with Crippen LogP contribution in [0.5, 0.6) is 5.75 Å². The molecule has 0 aliphatic rings. The Kier molecular flexibility index (Phi) is 4.96. The van der Waals surface area contributed by atoms with Crippen LogP contribution in [-0.4, -0.2) is 18.3 Å². The number of halogens is 4. The lowest BCUT2D eigenvalue weighted by Crippen LogP contribution is -2.06. The van der Waals surface area contributed by atoms with E-state index >= 15 is 0 Å². The topological polar surface area (TPSA) is 26.3 Å². The number of benzene rings is 1. The van der Waals surface area contributed by atoms with Gasteiger partial charge in [-0.1, -0.05) is 17.7 Å². The highest BCUT2D eigenvalue weighted by Crippen LogP contribution is 2.30. The van der Waals surface area contributed by atoms with Crippen LogP contribution in [0.25, 0.3) is 0 Å². The third kappa shape index (κ3) is 3.32. The molecule has 0 spiro atoms. The molecule has 0 aliphatic carbocycles. The van der Waals surface area contributed by atoms with Gasteiger partial charge in [-0.3, -0.25) is 4.79 Å². The second kappa shape index (κ2) is 6.01. The Bertz CT molecular complexity index is 383. The molecule has 88 valence electrons. The fraction of sp³-hybridized carbons (Fsp3) is 0.300. The van der Waals surface area contributed by atoms with E-state index in [1.807, 2.05) is 0 Å². The van der Waals surface area contributed by atoms with Gasteiger partial charge in [0.25, 0.3) is 0 Å². The summed E-state index contributed by atoms with van der Waals surface area (Å²) in [4.78, 5) is 11.5. The van der Waals surface area contributed by atoms with E-state index in [0.29, 0.717) is 0 Å². The standard InChI is InChI=1S/C10H8Cl2F2O2/c11-5-4-7(15)6-2-1-3-8(9(6)12)16-10(13)14/h1-3,10H,4-5H2. The van der Waals surface area contributed by atoms with E-state index < -0.39 is 6.61 Å². The van der Waals surface area contributed by atoms with Crippen LogP contribution in [0.15, 0.2) is 18.2 Å². The van der Waals surface area contributed by atoms with E-state index in [4.69, 9.17) is 23.2 Å². The largest absolute Gasteiger partial charge is 0.433 e. The quantitative estimate of drug-likeness (QED) is 0.601. The minimum Gasteiger partial charge on any atom is -0.433 e. The Labute approximate surface area is 101 Å². The number of carbonyl (C=O) groups is 1. The molecule has 0 bridgehead atoms. The molecule has 1 aromatic rings. The molecular formula is C10H8Cl2F2O2. The molecule has 0 fully saturated rings. The highest BCUT2D eigenvalue weighted by atomic mass is 35.5. The highest BCUT2D eigenvalue weighted by molar-refractivity contribution is 6.35. The van der Waals surface area contributed by atoms with Crippen molar-refractivity contribution in [1.29, 1.82) is 0 Å². The zero-order valence-corrected chi connectivity index (χ0v) is 9.56.